The van der Waals surface area contributed by atoms with Gasteiger partial charge in [0.25, 0.3) is 5.91 Å². The summed E-state index contributed by atoms with van der Waals surface area (Å²) in [5.74, 6) is -0.0789. The van der Waals surface area contributed by atoms with Crippen LogP contribution in [-0.2, 0) is 6.42 Å². The van der Waals surface area contributed by atoms with E-state index in [0.29, 0.717) is 12.0 Å². The second-order valence-electron chi connectivity index (χ2n) is 3.43. The van der Waals surface area contributed by atoms with Crippen molar-refractivity contribution >= 4 is 5.91 Å². The molecular formula is C13H10N2O. The van der Waals surface area contributed by atoms with E-state index in [1.807, 2.05) is 18.2 Å². The molecule has 0 aliphatic rings. The number of carbonyl (C=O) groups excluding carboxylic acids is 1. The molecule has 2 rings (SSSR count). The van der Waals surface area contributed by atoms with Gasteiger partial charge in [-0.1, -0.05) is 18.2 Å². The molecule has 1 aromatic carbocycles. The van der Waals surface area contributed by atoms with Crippen LogP contribution in [0.3, 0.4) is 0 Å². The van der Waals surface area contributed by atoms with E-state index < -0.39 is 0 Å². The van der Waals surface area contributed by atoms with Crippen molar-refractivity contribution in [2.75, 3.05) is 0 Å². The highest BCUT2D eigenvalue weighted by molar-refractivity contribution is 5.95. The number of nitrogens with zero attached hydrogens (tertiary/aromatic N) is 2. The molecule has 0 saturated carbocycles. The fourth-order valence-corrected chi connectivity index (χ4v) is 1.49. The van der Waals surface area contributed by atoms with E-state index in [1.165, 1.54) is 4.57 Å². The van der Waals surface area contributed by atoms with Gasteiger partial charge < -0.3 is 0 Å². The van der Waals surface area contributed by atoms with E-state index in [1.54, 1.807) is 30.6 Å². The predicted octanol–water partition coefficient (Wildman–Crippen LogP) is 2.24. The molecule has 3 heteroatoms. The molecule has 1 heterocycles. The molecule has 0 amide bonds. The molecule has 0 unspecified atom stereocenters. The smallest absolute Gasteiger partial charge is 0.261 e. The van der Waals surface area contributed by atoms with Gasteiger partial charge in [0.05, 0.1) is 12.5 Å². The normalized spacial score (nSPS) is 9.69. The van der Waals surface area contributed by atoms with Gasteiger partial charge in [0, 0.05) is 18.0 Å². The average Bonchev–Trinajstić information content (AvgIpc) is 2.78. The molecule has 78 valence electrons. The minimum absolute atomic E-state index is 0.0789. The Bertz CT molecular complexity index is 535. The van der Waals surface area contributed by atoms with Crippen LogP contribution < -0.4 is 0 Å². The zero-order chi connectivity index (χ0) is 11.4. The molecule has 16 heavy (non-hydrogen) atoms. The summed E-state index contributed by atoms with van der Waals surface area (Å²) in [6.45, 7) is 0. The summed E-state index contributed by atoms with van der Waals surface area (Å²) >= 11 is 0. The lowest BCUT2D eigenvalue weighted by molar-refractivity contribution is 0.0960. The third-order valence-corrected chi connectivity index (χ3v) is 2.29. The predicted molar refractivity (Wildman–Crippen MR) is 59.9 cm³/mol. The summed E-state index contributed by atoms with van der Waals surface area (Å²) in [4.78, 5) is 11.9. The van der Waals surface area contributed by atoms with E-state index in [0.717, 1.165) is 5.56 Å². The van der Waals surface area contributed by atoms with Crippen molar-refractivity contribution in [3.8, 4) is 6.07 Å². The van der Waals surface area contributed by atoms with E-state index in [9.17, 15) is 4.79 Å². The molecule has 0 atom stereocenters. The highest BCUT2D eigenvalue weighted by Crippen LogP contribution is 2.06. The Hall–Kier alpha value is -2.34. The highest BCUT2D eigenvalue weighted by Gasteiger charge is 2.07. The lowest BCUT2D eigenvalue weighted by Gasteiger charge is -2.00. The fraction of sp³-hybridized carbons (Fsp3) is 0.0769. The van der Waals surface area contributed by atoms with Crippen molar-refractivity contribution in [3.05, 3.63) is 59.9 Å². The molecule has 0 radical (unpaired) electrons. The maximum absolute atomic E-state index is 11.9. The fourth-order valence-electron chi connectivity index (χ4n) is 1.49. The first kappa shape index (κ1) is 10.2. The number of hydrogen-bond acceptors (Lipinski definition) is 2. The maximum Gasteiger partial charge on any atom is 0.261 e. The van der Waals surface area contributed by atoms with Gasteiger partial charge in [0.15, 0.2) is 0 Å². The summed E-state index contributed by atoms with van der Waals surface area (Å²) in [6.07, 6.45) is 3.70. The third-order valence-electron chi connectivity index (χ3n) is 2.29. The van der Waals surface area contributed by atoms with Gasteiger partial charge in [-0.3, -0.25) is 9.36 Å². The first-order chi connectivity index (χ1) is 7.81. The molecular weight excluding hydrogens is 200 g/mol. The van der Waals surface area contributed by atoms with Gasteiger partial charge in [-0.25, -0.2) is 0 Å². The van der Waals surface area contributed by atoms with Gasteiger partial charge in [0.1, 0.15) is 0 Å². The number of aromatic nitrogens is 1. The number of nitriles is 1. The highest BCUT2D eigenvalue weighted by atomic mass is 16.2. The zero-order valence-corrected chi connectivity index (χ0v) is 8.63. The minimum atomic E-state index is -0.0789. The maximum atomic E-state index is 11.9. The number of carbonyl (C=O) groups is 1. The van der Waals surface area contributed by atoms with Crippen molar-refractivity contribution in [2.24, 2.45) is 0 Å². The van der Waals surface area contributed by atoms with Crippen LogP contribution in [0.25, 0.3) is 0 Å². The molecule has 2 aromatic rings. The van der Waals surface area contributed by atoms with Crippen LogP contribution in [0.15, 0.2) is 48.8 Å². The van der Waals surface area contributed by atoms with Gasteiger partial charge in [-0.15, -0.1) is 0 Å². The molecule has 0 N–H and O–H groups in total. The first-order valence-electron chi connectivity index (χ1n) is 4.95. The molecule has 0 aliphatic heterocycles. The number of hydrogen-bond donors (Lipinski definition) is 0. The van der Waals surface area contributed by atoms with Crippen LogP contribution in [0, 0.1) is 11.3 Å². The summed E-state index contributed by atoms with van der Waals surface area (Å²) in [5, 5.41) is 8.54. The Balaban J connectivity index is 2.25. The van der Waals surface area contributed by atoms with E-state index in [4.69, 9.17) is 5.26 Å². The summed E-state index contributed by atoms with van der Waals surface area (Å²) in [7, 11) is 0. The van der Waals surface area contributed by atoms with E-state index in [2.05, 4.69) is 6.07 Å². The minimum Gasteiger partial charge on any atom is -0.290 e. The van der Waals surface area contributed by atoms with Gasteiger partial charge in [-0.05, 0) is 23.8 Å². The molecule has 1 aromatic heterocycles. The summed E-state index contributed by atoms with van der Waals surface area (Å²) in [6, 6.07) is 12.9. The van der Waals surface area contributed by atoms with Crippen LogP contribution in [0.4, 0.5) is 0 Å². The Labute approximate surface area is 93.6 Å². The van der Waals surface area contributed by atoms with Crippen LogP contribution >= 0.6 is 0 Å². The van der Waals surface area contributed by atoms with E-state index in [-0.39, 0.29) is 5.91 Å². The van der Waals surface area contributed by atoms with Gasteiger partial charge in [-0.2, -0.15) is 5.26 Å². The van der Waals surface area contributed by atoms with Gasteiger partial charge in [0.2, 0.25) is 0 Å². The first-order valence-corrected chi connectivity index (χ1v) is 4.95. The number of benzene rings is 1. The Kier molecular flexibility index (Phi) is 2.84. The summed E-state index contributed by atoms with van der Waals surface area (Å²) in [5.41, 5.74) is 1.49. The van der Waals surface area contributed by atoms with Crippen LogP contribution in [0.1, 0.15) is 15.9 Å². The molecule has 0 saturated heterocycles. The van der Waals surface area contributed by atoms with Crippen LogP contribution in [0.2, 0.25) is 0 Å². The lowest BCUT2D eigenvalue weighted by Crippen LogP contribution is -2.09. The third kappa shape index (κ3) is 2.01. The van der Waals surface area contributed by atoms with Crippen molar-refractivity contribution in [3.63, 3.8) is 0 Å². The van der Waals surface area contributed by atoms with Crippen molar-refractivity contribution in [1.29, 1.82) is 5.26 Å². The van der Waals surface area contributed by atoms with Crippen LogP contribution in [0.5, 0.6) is 0 Å². The second-order valence-corrected chi connectivity index (χ2v) is 3.43. The molecule has 3 nitrogen and oxygen atoms in total. The molecule has 0 aliphatic carbocycles. The SMILES string of the molecule is N#CCc1ccn(C(=O)c2ccccc2)c1. The second kappa shape index (κ2) is 4.45. The largest absolute Gasteiger partial charge is 0.290 e. The van der Waals surface area contributed by atoms with Crippen molar-refractivity contribution in [2.45, 2.75) is 6.42 Å². The molecule has 0 spiro atoms. The van der Waals surface area contributed by atoms with Crippen molar-refractivity contribution in [1.82, 2.24) is 4.57 Å². The standard InChI is InChI=1S/C13H10N2O/c14-8-6-11-7-9-15(10-11)13(16)12-4-2-1-3-5-12/h1-5,7,9-10H,6H2. The Morgan fingerprint density at radius 3 is 2.69 bits per heavy atom. The monoisotopic (exact) mass is 210 g/mol. The zero-order valence-electron chi connectivity index (χ0n) is 8.63. The van der Waals surface area contributed by atoms with Gasteiger partial charge >= 0.3 is 0 Å². The molecule has 0 fully saturated rings. The van der Waals surface area contributed by atoms with E-state index >= 15 is 0 Å². The van der Waals surface area contributed by atoms with Crippen LogP contribution in [-0.4, -0.2) is 10.5 Å². The average molecular weight is 210 g/mol. The number of rotatable bonds is 2. The molecule has 0 bridgehead atoms. The Morgan fingerprint density at radius 1 is 1.25 bits per heavy atom. The Morgan fingerprint density at radius 2 is 2.00 bits per heavy atom. The van der Waals surface area contributed by atoms with Crippen molar-refractivity contribution < 1.29 is 4.79 Å². The quantitative estimate of drug-likeness (QED) is 0.763. The lowest BCUT2D eigenvalue weighted by atomic mass is 10.2. The summed E-state index contributed by atoms with van der Waals surface area (Å²) < 4.78 is 1.50. The topological polar surface area (TPSA) is 45.8 Å².